The van der Waals surface area contributed by atoms with Crippen LogP contribution >= 0.6 is 11.5 Å². The summed E-state index contributed by atoms with van der Waals surface area (Å²) in [6.07, 6.45) is 1.70. The molecule has 0 unspecified atom stereocenters. The van der Waals surface area contributed by atoms with Crippen molar-refractivity contribution in [1.82, 2.24) is 8.52 Å². The number of nitrogens with two attached hydrogens (primary N) is 1. The second-order valence-electron chi connectivity index (χ2n) is 6.77. The zero-order chi connectivity index (χ0) is 21.5. The summed E-state index contributed by atoms with van der Waals surface area (Å²) in [6.45, 7) is 0.214. The first-order valence-corrected chi connectivity index (χ1v) is 10.3. The molecule has 156 valence electrons. The highest BCUT2D eigenvalue weighted by molar-refractivity contribution is 7.03. The highest BCUT2D eigenvalue weighted by Crippen LogP contribution is 2.14. The van der Waals surface area contributed by atoms with E-state index in [4.69, 9.17) is 5.73 Å². The molecule has 2 amide bonds. The van der Waals surface area contributed by atoms with Gasteiger partial charge in [-0.15, -0.1) is 0 Å². The normalized spacial score (nSPS) is 10.7. The number of aromatic nitrogens is 2. The van der Waals surface area contributed by atoms with Gasteiger partial charge in [-0.1, -0.05) is 30.3 Å². The van der Waals surface area contributed by atoms with E-state index in [2.05, 4.69) is 5.32 Å². The van der Waals surface area contributed by atoms with Gasteiger partial charge in [-0.05, 0) is 42.7 Å². The number of rotatable bonds is 9. The van der Waals surface area contributed by atoms with E-state index in [9.17, 15) is 19.2 Å². The van der Waals surface area contributed by atoms with Crippen LogP contribution in [0.1, 0.15) is 31.2 Å². The SMILES string of the molecule is NC(=O)CCCCC(=O)Nc1ccc(-n2sc(=O)n(Cc3ccccc3)c2=O)cc1. The van der Waals surface area contributed by atoms with Crippen LogP contribution in [0.5, 0.6) is 0 Å². The molecule has 3 rings (SSSR count). The molecule has 2 aromatic carbocycles. The van der Waals surface area contributed by atoms with Crippen LogP contribution in [0.15, 0.2) is 64.2 Å². The Bertz CT molecular complexity index is 1130. The Balaban J connectivity index is 1.66. The molecule has 30 heavy (non-hydrogen) atoms. The molecule has 0 aliphatic heterocycles. The molecule has 0 spiro atoms. The quantitative estimate of drug-likeness (QED) is 0.510. The molecular formula is C21H22N4O4S. The average molecular weight is 426 g/mol. The lowest BCUT2D eigenvalue weighted by molar-refractivity contribution is -0.119. The minimum atomic E-state index is -0.403. The van der Waals surface area contributed by atoms with Crippen LogP contribution in [-0.4, -0.2) is 20.3 Å². The lowest BCUT2D eigenvalue weighted by Crippen LogP contribution is -2.28. The van der Waals surface area contributed by atoms with Crippen LogP contribution in [0.2, 0.25) is 0 Å². The van der Waals surface area contributed by atoms with E-state index in [0.29, 0.717) is 30.6 Å². The fraction of sp³-hybridized carbons (Fsp3) is 0.238. The summed E-state index contributed by atoms with van der Waals surface area (Å²) < 4.78 is 2.53. The summed E-state index contributed by atoms with van der Waals surface area (Å²) in [6, 6.07) is 16.0. The third kappa shape index (κ3) is 5.54. The molecule has 1 heterocycles. The fourth-order valence-corrected chi connectivity index (χ4v) is 3.71. The van der Waals surface area contributed by atoms with Crippen LogP contribution in [0.4, 0.5) is 5.69 Å². The van der Waals surface area contributed by atoms with Gasteiger partial charge in [-0.2, -0.15) is 0 Å². The van der Waals surface area contributed by atoms with Crippen LogP contribution in [0, 0.1) is 0 Å². The number of anilines is 1. The Morgan fingerprint density at radius 2 is 1.60 bits per heavy atom. The topological polar surface area (TPSA) is 116 Å². The maximum absolute atomic E-state index is 12.7. The van der Waals surface area contributed by atoms with Crippen molar-refractivity contribution < 1.29 is 9.59 Å². The van der Waals surface area contributed by atoms with Crippen LogP contribution < -0.4 is 21.6 Å². The van der Waals surface area contributed by atoms with Crippen LogP contribution in [0.25, 0.3) is 5.69 Å². The van der Waals surface area contributed by atoms with Gasteiger partial charge in [0.05, 0.1) is 12.2 Å². The molecule has 0 atom stereocenters. The van der Waals surface area contributed by atoms with Crippen LogP contribution in [0.3, 0.4) is 0 Å². The molecule has 0 aliphatic rings. The molecule has 3 aromatic rings. The first-order valence-electron chi connectivity index (χ1n) is 9.50. The van der Waals surface area contributed by atoms with E-state index in [1.54, 1.807) is 24.3 Å². The van der Waals surface area contributed by atoms with Crippen molar-refractivity contribution in [3.05, 3.63) is 80.3 Å². The summed E-state index contributed by atoms with van der Waals surface area (Å²) in [7, 11) is 0. The van der Waals surface area contributed by atoms with E-state index < -0.39 is 5.69 Å². The monoisotopic (exact) mass is 426 g/mol. The zero-order valence-corrected chi connectivity index (χ0v) is 17.1. The van der Waals surface area contributed by atoms with E-state index >= 15 is 0 Å². The first kappa shape index (κ1) is 21.3. The predicted molar refractivity (Wildman–Crippen MR) is 116 cm³/mol. The highest BCUT2D eigenvalue weighted by atomic mass is 32.1. The predicted octanol–water partition coefficient (Wildman–Crippen LogP) is 2.09. The Kier molecular flexibility index (Phi) is 6.97. The first-order chi connectivity index (χ1) is 14.4. The van der Waals surface area contributed by atoms with E-state index in [-0.39, 0.29) is 29.7 Å². The molecule has 0 bridgehead atoms. The lowest BCUT2D eigenvalue weighted by atomic mass is 10.2. The van der Waals surface area contributed by atoms with Gasteiger partial charge in [0.15, 0.2) is 0 Å². The number of amides is 2. The van der Waals surface area contributed by atoms with Crippen molar-refractivity contribution in [2.24, 2.45) is 5.73 Å². The van der Waals surface area contributed by atoms with Crippen molar-refractivity contribution >= 4 is 29.0 Å². The van der Waals surface area contributed by atoms with Gasteiger partial charge in [0.25, 0.3) is 0 Å². The van der Waals surface area contributed by atoms with Gasteiger partial charge in [0.2, 0.25) is 11.8 Å². The highest BCUT2D eigenvalue weighted by Gasteiger charge is 2.12. The molecule has 0 radical (unpaired) electrons. The second kappa shape index (κ2) is 9.84. The van der Waals surface area contributed by atoms with Gasteiger partial charge >= 0.3 is 10.6 Å². The molecule has 1 aromatic heterocycles. The largest absolute Gasteiger partial charge is 0.370 e. The number of unbranched alkanes of at least 4 members (excludes halogenated alkanes) is 1. The average Bonchev–Trinajstić information content (AvgIpc) is 3.01. The Hall–Kier alpha value is -3.46. The minimum absolute atomic E-state index is 0.164. The van der Waals surface area contributed by atoms with Crippen LogP contribution in [-0.2, 0) is 16.1 Å². The number of hydrogen-bond donors (Lipinski definition) is 2. The molecular weight excluding hydrogens is 404 g/mol. The third-order valence-corrected chi connectivity index (χ3v) is 5.37. The van der Waals surface area contributed by atoms with E-state index in [1.165, 1.54) is 8.52 Å². The van der Waals surface area contributed by atoms with E-state index in [1.807, 2.05) is 30.3 Å². The van der Waals surface area contributed by atoms with Gasteiger partial charge in [-0.3, -0.25) is 14.4 Å². The fourth-order valence-electron chi connectivity index (χ4n) is 2.90. The van der Waals surface area contributed by atoms with E-state index in [0.717, 1.165) is 17.1 Å². The molecule has 0 aliphatic carbocycles. The number of nitrogens with zero attached hydrogens (tertiary/aromatic N) is 2. The zero-order valence-electron chi connectivity index (χ0n) is 16.2. The second-order valence-corrected chi connectivity index (χ2v) is 7.67. The minimum Gasteiger partial charge on any atom is -0.370 e. The summed E-state index contributed by atoms with van der Waals surface area (Å²) in [4.78, 5) is 47.3. The Morgan fingerprint density at radius 1 is 0.933 bits per heavy atom. The number of benzene rings is 2. The Labute approximate surface area is 176 Å². The van der Waals surface area contributed by atoms with Crippen molar-refractivity contribution in [1.29, 1.82) is 0 Å². The standard InChI is InChI=1S/C21H22N4O4S/c22-18(26)8-4-5-9-19(27)23-16-10-12-17(13-11-16)25-20(28)24(21(29)30-25)14-15-6-2-1-3-7-15/h1-3,6-7,10-13H,4-5,8-9,14H2,(H2,22,26)(H,23,27). The maximum atomic E-state index is 12.7. The molecule has 0 saturated heterocycles. The van der Waals surface area contributed by atoms with Crippen molar-refractivity contribution in [2.45, 2.75) is 32.2 Å². The van der Waals surface area contributed by atoms with Gasteiger partial charge in [-0.25, -0.2) is 13.3 Å². The van der Waals surface area contributed by atoms with Crippen molar-refractivity contribution in [3.8, 4) is 5.69 Å². The summed E-state index contributed by atoms with van der Waals surface area (Å²) in [5, 5.41) is 2.77. The molecule has 3 N–H and O–H groups in total. The summed E-state index contributed by atoms with van der Waals surface area (Å²) in [5.74, 6) is -0.538. The number of carbonyl (C=O) groups excluding carboxylic acids is 2. The van der Waals surface area contributed by atoms with Gasteiger partial charge < -0.3 is 11.1 Å². The number of nitrogens with one attached hydrogen (secondary N) is 1. The van der Waals surface area contributed by atoms with Gasteiger partial charge in [0.1, 0.15) is 0 Å². The lowest BCUT2D eigenvalue weighted by Gasteiger charge is -2.06. The van der Waals surface area contributed by atoms with Crippen molar-refractivity contribution in [2.75, 3.05) is 5.32 Å². The smallest absolute Gasteiger partial charge is 0.346 e. The molecule has 0 fully saturated rings. The van der Waals surface area contributed by atoms with Crippen molar-refractivity contribution in [3.63, 3.8) is 0 Å². The third-order valence-electron chi connectivity index (χ3n) is 4.44. The summed E-state index contributed by atoms with van der Waals surface area (Å²) in [5.41, 5.74) is 6.67. The molecule has 9 heteroatoms. The van der Waals surface area contributed by atoms with Gasteiger partial charge in [0, 0.05) is 30.1 Å². The number of carbonyl (C=O) groups is 2. The maximum Gasteiger partial charge on any atom is 0.346 e. The molecule has 8 nitrogen and oxygen atoms in total. The number of hydrogen-bond acceptors (Lipinski definition) is 5. The number of primary amides is 1. The summed E-state index contributed by atoms with van der Waals surface area (Å²) >= 11 is 0.835. The molecule has 0 saturated carbocycles. The Morgan fingerprint density at radius 3 is 2.27 bits per heavy atom.